The van der Waals surface area contributed by atoms with E-state index in [4.69, 9.17) is 9.26 Å². The molecule has 2 saturated heterocycles. The van der Waals surface area contributed by atoms with Crippen molar-refractivity contribution in [1.82, 2.24) is 20.8 Å². The molecule has 1 atom stereocenters. The van der Waals surface area contributed by atoms with E-state index in [1.807, 2.05) is 24.3 Å². The van der Waals surface area contributed by atoms with Crippen molar-refractivity contribution in [2.45, 2.75) is 19.3 Å². The highest BCUT2D eigenvalue weighted by molar-refractivity contribution is 5.79. The first kappa shape index (κ1) is 18.7. The van der Waals surface area contributed by atoms with E-state index in [1.54, 1.807) is 7.11 Å². The fourth-order valence-electron chi connectivity index (χ4n) is 3.81. The van der Waals surface area contributed by atoms with Crippen LogP contribution in [0.25, 0.3) is 11.4 Å². The summed E-state index contributed by atoms with van der Waals surface area (Å²) in [6, 6.07) is 8.07. The van der Waals surface area contributed by atoms with Crippen LogP contribution in [0.5, 0.6) is 5.75 Å². The van der Waals surface area contributed by atoms with Gasteiger partial charge in [-0.2, -0.15) is 4.98 Å². The predicted molar refractivity (Wildman–Crippen MR) is 105 cm³/mol. The van der Waals surface area contributed by atoms with Crippen molar-refractivity contribution in [3.63, 3.8) is 0 Å². The number of piperidine rings is 1. The molecule has 1 aromatic heterocycles. The highest BCUT2D eigenvalue weighted by atomic mass is 16.5. The molecule has 1 amide bonds. The minimum atomic E-state index is 0.0644. The average molecular weight is 385 g/mol. The molecule has 1 aromatic carbocycles. The van der Waals surface area contributed by atoms with Crippen LogP contribution in [-0.2, 0) is 4.79 Å². The highest BCUT2D eigenvalue weighted by Gasteiger charge is 2.28. The number of benzene rings is 1. The number of anilines is 1. The van der Waals surface area contributed by atoms with Gasteiger partial charge in [0.15, 0.2) is 0 Å². The Morgan fingerprint density at radius 2 is 2.07 bits per heavy atom. The predicted octanol–water partition coefficient (Wildman–Crippen LogP) is 1.69. The molecule has 2 aliphatic heterocycles. The van der Waals surface area contributed by atoms with Gasteiger partial charge in [0.25, 0.3) is 0 Å². The van der Waals surface area contributed by atoms with Crippen LogP contribution < -0.4 is 20.3 Å². The van der Waals surface area contributed by atoms with E-state index >= 15 is 0 Å². The molecular weight excluding hydrogens is 358 g/mol. The largest absolute Gasteiger partial charge is 0.497 e. The second kappa shape index (κ2) is 8.60. The molecule has 150 valence electrons. The topological polar surface area (TPSA) is 92.5 Å². The average Bonchev–Trinajstić information content (AvgIpc) is 3.44. The smallest absolute Gasteiger partial charge is 0.324 e. The zero-order valence-electron chi connectivity index (χ0n) is 16.2. The quantitative estimate of drug-likeness (QED) is 0.782. The van der Waals surface area contributed by atoms with E-state index in [0.717, 1.165) is 63.3 Å². The van der Waals surface area contributed by atoms with Crippen molar-refractivity contribution in [2.24, 2.45) is 11.8 Å². The fourth-order valence-corrected chi connectivity index (χ4v) is 3.81. The molecular formula is C20H27N5O3. The molecule has 8 nitrogen and oxygen atoms in total. The number of rotatable bonds is 6. The maximum absolute atomic E-state index is 12.4. The van der Waals surface area contributed by atoms with E-state index in [2.05, 4.69) is 25.7 Å². The van der Waals surface area contributed by atoms with Crippen molar-refractivity contribution in [3.8, 4) is 17.1 Å². The number of amides is 1. The van der Waals surface area contributed by atoms with Gasteiger partial charge in [-0.15, -0.1) is 0 Å². The van der Waals surface area contributed by atoms with Gasteiger partial charge in [0, 0.05) is 31.1 Å². The van der Waals surface area contributed by atoms with Gasteiger partial charge in [-0.05, 0) is 62.5 Å². The van der Waals surface area contributed by atoms with Gasteiger partial charge in [0.2, 0.25) is 11.7 Å². The normalized spacial score (nSPS) is 20.3. The first-order valence-corrected chi connectivity index (χ1v) is 9.94. The summed E-state index contributed by atoms with van der Waals surface area (Å²) in [5.74, 6) is 2.16. The highest BCUT2D eigenvalue weighted by Crippen LogP contribution is 2.26. The number of methoxy groups -OCH3 is 1. The number of carbonyl (C=O) groups is 1. The van der Waals surface area contributed by atoms with Crippen molar-refractivity contribution in [1.29, 1.82) is 0 Å². The molecule has 0 aliphatic carbocycles. The van der Waals surface area contributed by atoms with Crippen LogP contribution in [-0.4, -0.2) is 55.9 Å². The van der Waals surface area contributed by atoms with Crippen LogP contribution in [0.15, 0.2) is 28.8 Å². The molecule has 0 saturated carbocycles. The third-order valence-electron chi connectivity index (χ3n) is 5.63. The maximum atomic E-state index is 12.4. The van der Waals surface area contributed by atoms with Gasteiger partial charge in [0.05, 0.1) is 7.11 Å². The summed E-state index contributed by atoms with van der Waals surface area (Å²) < 4.78 is 10.6. The number of nitrogens with zero attached hydrogens (tertiary/aromatic N) is 3. The van der Waals surface area contributed by atoms with Crippen molar-refractivity contribution in [2.75, 3.05) is 44.7 Å². The van der Waals surface area contributed by atoms with Crippen LogP contribution in [0.2, 0.25) is 0 Å². The first-order valence-electron chi connectivity index (χ1n) is 9.94. The lowest BCUT2D eigenvalue weighted by Crippen LogP contribution is -2.42. The van der Waals surface area contributed by atoms with Gasteiger partial charge in [-0.1, -0.05) is 5.16 Å². The second-order valence-electron chi connectivity index (χ2n) is 7.49. The summed E-state index contributed by atoms with van der Waals surface area (Å²) in [7, 11) is 1.64. The van der Waals surface area contributed by atoms with Crippen molar-refractivity contribution in [3.05, 3.63) is 24.3 Å². The number of hydrogen-bond donors (Lipinski definition) is 2. The third kappa shape index (κ3) is 4.27. The molecule has 4 rings (SSSR count). The van der Waals surface area contributed by atoms with E-state index in [1.165, 1.54) is 0 Å². The summed E-state index contributed by atoms with van der Waals surface area (Å²) in [5.41, 5.74) is 0.881. The monoisotopic (exact) mass is 385 g/mol. The van der Waals surface area contributed by atoms with E-state index in [9.17, 15) is 4.79 Å². The maximum Gasteiger partial charge on any atom is 0.324 e. The van der Waals surface area contributed by atoms with Crippen LogP contribution in [0.1, 0.15) is 19.3 Å². The summed E-state index contributed by atoms with van der Waals surface area (Å²) in [6.45, 7) is 4.33. The molecule has 1 unspecified atom stereocenters. The number of hydrogen-bond acceptors (Lipinski definition) is 7. The molecule has 0 spiro atoms. The first-order chi connectivity index (χ1) is 13.7. The molecule has 0 radical (unpaired) electrons. The summed E-state index contributed by atoms with van der Waals surface area (Å²) in [6.07, 6.45) is 2.75. The lowest BCUT2D eigenvalue weighted by molar-refractivity contribution is -0.125. The molecule has 28 heavy (non-hydrogen) atoms. The standard InChI is InChI=1S/C20H27N5O3/c1-27-17-4-2-15(3-5-17)18-23-20(28-24-18)25-10-7-16(8-11-25)19(26)22-13-14-6-9-21-12-14/h2-5,14,16,21H,6-13H2,1H3,(H,22,26). The number of nitrogens with one attached hydrogen (secondary N) is 2. The number of carbonyl (C=O) groups excluding carboxylic acids is 1. The van der Waals surface area contributed by atoms with Crippen LogP contribution >= 0.6 is 0 Å². The number of aromatic nitrogens is 2. The van der Waals surface area contributed by atoms with Gasteiger partial charge >= 0.3 is 6.01 Å². The van der Waals surface area contributed by atoms with Crippen LogP contribution in [0, 0.1) is 11.8 Å². The second-order valence-corrected chi connectivity index (χ2v) is 7.49. The Labute approximate surface area is 164 Å². The van der Waals surface area contributed by atoms with Gasteiger partial charge in [0.1, 0.15) is 5.75 Å². The van der Waals surface area contributed by atoms with E-state index in [0.29, 0.717) is 17.8 Å². The SMILES string of the molecule is COc1ccc(-c2noc(N3CCC(C(=O)NCC4CCNC4)CC3)n2)cc1. The van der Waals surface area contributed by atoms with Crippen molar-refractivity contribution >= 4 is 11.9 Å². The molecule has 2 N–H and O–H groups in total. The third-order valence-corrected chi connectivity index (χ3v) is 5.63. The molecule has 2 aliphatic rings. The number of ether oxygens (including phenoxy) is 1. The summed E-state index contributed by atoms with van der Waals surface area (Å²) >= 11 is 0. The minimum Gasteiger partial charge on any atom is -0.497 e. The van der Waals surface area contributed by atoms with Gasteiger partial charge in [-0.25, -0.2) is 0 Å². The molecule has 2 fully saturated rings. The Balaban J connectivity index is 1.28. The molecule has 0 bridgehead atoms. The summed E-state index contributed by atoms with van der Waals surface area (Å²) in [5, 5.41) is 10.5. The Bertz CT molecular complexity index is 777. The lowest BCUT2D eigenvalue weighted by atomic mass is 9.96. The van der Waals surface area contributed by atoms with Crippen LogP contribution in [0.4, 0.5) is 6.01 Å². The van der Waals surface area contributed by atoms with Crippen LogP contribution in [0.3, 0.4) is 0 Å². The Hall–Kier alpha value is -2.61. The van der Waals surface area contributed by atoms with E-state index < -0.39 is 0 Å². The lowest BCUT2D eigenvalue weighted by Gasteiger charge is -2.29. The van der Waals surface area contributed by atoms with E-state index in [-0.39, 0.29) is 11.8 Å². The van der Waals surface area contributed by atoms with Gasteiger partial charge < -0.3 is 24.8 Å². The Morgan fingerprint density at radius 1 is 1.29 bits per heavy atom. The molecule has 2 aromatic rings. The fraction of sp³-hybridized carbons (Fsp3) is 0.550. The van der Waals surface area contributed by atoms with Gasteiger partial charge in [-0.3, -0.25) is 4.79 Å². The summed E-state index contributed by atoms with van der Waals surface area (Å²) in [4.78, 5) is 19.0. The zero-order chi connectivity index (χ0) is 19.3. The Morgan fingerprint density at radius 3 is 2.75 bits per heavy atom. The Kier molecular flexibility index (Phi) is 5.76. The molecule has 8 heteroatoms. The van der Waals surface area contributed by atoms with Crippen molar-refractivity contribution < 1.29 is 14.1 Å². The molecule has 3 heterocycles. The zero-order valence-corrected chi connectivity index (χ0v) is 16.2. The minimum absolute atomic E-state index is 0.0644.